The van der Waals surface area contributed by atoms with Crippen LogP contribution < -0.4 is 5.73 Å². The van der Waals surface area contributed by atoms with Crippen LogP contribution in [0.15, 0.2) is 41.9 Å². The van der Waals surface area contributed by atoms with E-state index < -0.39 is 23.5 Å². The second-order valence-corrected chi connectivity index (χ2v) is 5.26. The Morgan fingerprint density at radius 1 is 0.955 bits per heavy atom. The molecular weight excluding hydrogens is 290 g/mol. The van der Waals surface area contributed by atoms with E-state index in [0.717, 1.165) is 0 Å². The fourth-order valence-electron chi connectivity index (χ4n) is 1.37. The molecule has 1 atom stereocenters. The Balaban J connectivity index is 0.000000409. The molecule has 0 fully saturated rings. The second-order valence-electron chi connectivity index (χ2n) is 5.26. The number of hydrogen-bond acceptors (Lipinski definition) is 5. The van der Waals surface area contributed by atoms with E-state index in [9.17, 15) is 9.59 Å². The monoisotopic (exact) mass is 311 g/mol. The number of aliphatic carboxylic acids is 2. The van der Waals surface area contributed by atoms with Crippen molar-refractivity contribution in [3.63, 3.8) is 0 Å². The van der Waals surface area contributed by atoms with Gasteiger partial charge in [0.25, 0.3) is 11.5 Å². The van der Waals surface area contributed by atoms with Crippen molar-refractivity contribution in [1.29, 1.82) is 0 Å². The lowest BCUT2D eigenvalue weighted by Crippen LogP contribution is -2.37. The van der Waals surface area contributed by atoms with Crippen LogP contribution in [0.5, 0.6) is 0 Å². The molecule has 1 aromatic carbocycles. The predicted molar refractivity (Wildman–Crippen MR) is 80.7 cm³/mol. The minimum absolute atomic E-state index is 0.138. The van der Waals surface area contributed by atoms with Crippen molar-refractivity contribution in [2.75, 3.05) is 0 Å². The fourth-order valence-corrected chi connectivity index (χ4v) is 1.37. The third-order valence-corrected chi connectivity index (χ3v) is 3.05. The van der Waals surface area contributed by atoms with Gasteiger partial charge in [0, 0.05) is 5.54 Å². The lowest BCUT2D eigenvalue weighted by molar-refractivity contribution is -0.140. The Morgan fingerprint density at radius 2 is 1.32 bits per heavy atom. The third kappa shape index (κ3) is 6.27. The van der Waals surface area contributed by atoms with Crippen molar-refractivity contribution >= 4 is 11.9 Å². The summed E-state index contributed by atoms with van der Waals surface area (Å²) in [6.45, 7) is 6.28. The van der Waals surface area contributed by atoms with Gasteiger partial charge >= 0.3 is 11.9 Å². The first-order valence-electron chi connectivity index (χ1n) is 6.41. The van der Waals surface area contributed by atoms with E-state index >= 15 is 0 Å². The molecule has 1 aromatic rings. The minimum atomic E-state index is -1.89. The van der Waals surface area contributed by atoms with Gasteiger partial charge in [0.2, 0.25) is 0 Å². The maximum atomic E-state index is 9.71. The number of hydrogen-bond donors (Lipinski definition) is 5. The molecule has 0 spiro atoms. The molecule has 0 aliphatic carbocycles. The normalized spacial score (nSPS) is 13.3. The van der Waals surface area contributed by atoms with E-state index in [1.807, 2.05) is 6.07 Å². The Kier molecular flexibility index (Phi) is 7.11. The molecular formula is C15H21NO6. The summed E-state index contributed by atoms with van der Waals surface area (Å²) in [7, 11) is 0. The van der Waals surface area contributed by atoms with Crippen LogP contribution in [0.25, 0.3) is 0 Å². The third-order valence-electron chi connectivity index (χ3n) is 3.05. The van der Waals surface area contributed by atoms with Gasteiger partial charge < -0.3 is 26.2 Å². The minimum Gasteiger partial charge on any atom is -0.499 e. The van der Waals surface area contributed by atoms with Crippen LogP contribution in [0.2, 0.25) is 0 Å². The highest BCUT2D eigenvalue weighted by Gasteiger charge is 2.21. The molecule has 7 heteroatoms. The highest BCUT2D eigenvalue weighted by Crippen LogP contribution is 2.24. The summed E-state index contributed by atoms with van der Waals surface area (Å²) in [5.41, 5.74) is 7.18. The molecule has 0 saturated heterocycles. The first kappa shape index (κ1) is 19.5. The van der Waals surface area contributed by atoms with Crippen molar-refractivity contribution in [2.45, 2.75) is 32.2 Å². The predicted octanol–water partition coefficient (Wildman–Crippen LogP) is 2.01. The molecule has 0 aromatic heterocycles. The summed E-state index contributed by atoms with van der Waals surface area (Å²) in [4.78, 5) is 19.4. The van der Waals surface area contributed by atoms with E-state index in [1.165, 1.54) is 5.56 Å². The largest absolute Gasteiger partial charge is 0.499 e. The molecule has 0 heterocycles. The number of nitrogens with two attached hydrogens (primary N) is 1. The van der Waals surface area contributed by atoms with Gasteiger partial charge in [-0.15, -0.1) is 0 Å². The van der Waals surface area contributed by atoms with Gasteiger partial charge in [-0.1, -0.05) is 37.3 Å². The van der Waals surface area contributed by atoms with Crippen LogP contribution in [-0.2, 0) is 9.59 Å². The van der Waals surface area contributed by atoms with Crippen LogP contribution >= 0.6 is 0 Å². The van der Waals surface area contributed by atoms with Crippen LogP contribution in [0.3, 0.4) is 0 Å². The molecule has 0 amide bonds. The summed E-state index contributed by atoms with van der Waals surface area (Å²) >= 11 is 0. The van der Waals surface area contributed by atoms with Gasteiger partial charge in [0.15, 0.2) is 0 Å². The molecule has 0 radical (unpaired) electrons. The van der Waals surface area contributed by atoms with Crippen molar-refractivity contribution in [3.05, 3.63) is 47.4 Å². The number of aliphatic hydroxyl groups is 2. The molecule has 1 unspecified atom stereocenters. The van der Waals surface area contributed by atoms with E-state index in [-0.39, 0.29) is 5.54 Å². The van der Waals surface area contributed by atoms with Crippen molar-refractivity contribution < 1.29 is 30.0 Å². The molecule has 122 valence electrons. The molecule has 0 aliphatic rings. The average molecular weight is 311 g/mol. The lowest BCUT2D eigenvalue weighted by Gasteiger charge is -2.27. The molecule has 0 bridgehead atoms. The van der Waals surface area contributed by atoms with E-state index in [0.29, 0.717) is 5.92 Å². The summed E-state index contributed by atoms with van der Waals surface area (Å²) in [5, 5.41) is 32.2. The summed E-state index contributed by atoms with van der Waals surface area (Å²) in [5.74, 6) is -6.53. The Labute approximate surface area is 128 Å². The van der Waals surface area contributed by atoms with E-state index in [2.05, 4.69) is 45.0 Å². The maximum absolute atomic E-state index is 9.71. The number of aliphatic hydroxyl groups excluding tert-OH is 2. The first-order chi connectivity index (χ1) is 9.98. The SMILES string of the molecule is CC(c1ccccc1)C(C)(C)N.O=C(O)/C(O)=C(\O)C(=O)O. The van der Waals surface area contributed by atoms with Crippen molar-refractivity contribution in [1.82, 2.24) is 0 Å². The topological polar surface area (TPSA) is 141 Å². The zero-order chi connectivity index (χ0) is 17.5. The van der Waals surface area contributed by atoms with Gasteiger partial charge in [-0.3, -0.25) is 0 Å². The van der Waals surface area contributed by atoms with Gasteiger partial charge in [0.1, 0.15) is 0 Å². The standard InChI is InChI=1S/C11H17N.C4H4O6/c1-9(11(2,3)12)10-7-5-4-6-8-10;5-1(3(7)8)2(6)4(9)10/h4-9H,12H2,1-3H3;5-6H,(H,7,8)(H,9,10)/b;2-1+. The van der Waals surface area contributed by atoms with Crippen LogP contribution in [-0.4, -0.2) is 37.9 Å². The molecule has 22 heavy (non-hydrogen) atoms. The Bertz CT molecular complexity index is 523. The first-order valence-corrected chi connectivity index (χ1v) is 6.41. The van der Waals surface area contributed by atoms with Crippen LogP contribution in [0.1, 0.15) is 32.3 Å². The smallest absolute Gasteiger partial charge is 0.375 e. The quantitative estimate of drug-likeness (QED) is 0.423. The zero-order valence-corrected chi connectivity index (χ0v) is 12.6. The zero-order valence-electron chi connectivity index (χ0n) is 12.6. The average Bonchev–Trinajstić information content (AvgIpc) is 2.45. The molecule has 0 saturated carbocycles. The lowest BCUT2D eigenvalue weighted by atomic mass is 9.84. The molecule has 6 N–H and O–H groups in total. The number of benzene rings is 1. The van der Waals surface area contributed by atoms with Gasteiger partial charge in [-0.25, -0.2) is 9.59 Å². The summed E-state index contributed by atoms with van der Waals surface area (Å²) in [6, 6.07) is 10.4. The number of carboxylic acid groups (broad SMARTS) is 2. The second kappa shape index (κ2) is 8.04. The maximum Gasteiger partial charge on any atom is 0.375 e. The number of carboxylic acids is 2. The van der Waals surface area contributed by atoms with Crippen LogP contribution in [0.4, 0.5) is 0 Å². The van der Waals surface area contributed by atoms with E-state index in [4.69, 9.17) is 26.2 Å². The van der Waals surface area contributed by atoms with Gasteiger partial charge in [-0.2, -0.15) is 0 Å². The van der Waals surface area contributed by atoms with Crippen molar-refractivity contribution in [2.24, 2.45) is 5.73 Å². The molecule has 0 aliphatic heterocycles. The summed E-state index contributed by atoms with van der Waals surface area (Å²) in [6.07, 6.45) is 0. The Morgan fingerprint density at radius 3 is 1.59 bits per heavy atom. The highest BCUT2D eigenvalue weighted by atomic mass is 16.4. The number of carbonyl (C=O) groups is 2. The highest BCUT2D eigenvalue weighted by molar-refractivity contribution is 5.95. The number of rotatable bonds is 4. The Hall–Kier alpha value is -2.54. The molecule has 1 rings (SSSR count). The van der Waals surface area contributed by atoms with Crippen LogP contribution in [0, 0.1) is 0 Å². The molecule has 7 nitrogen and oxygen atoms in total. The summed E-state index contributed by atoms with van der Waals surface area (Å²) < 4.78 is 0. The van der Waals surface area contributed by atoms with Gasteiger partial charge in [0.05, 0.1) is 0 Å². The van der Waals surface area contributed by atoms with E-state index in [1.54, 1.807) is 0 Å². The van der Waals surface area contributed by atoms with Gasteiger partial charge in [-0.05, 0) is 25.3 Å². The van der Waals surface area contributed by atoms with Crippen molar-refractivity contribution in [3.8, 4) is 0 Å². The fraction of sp³-hybridized carbons (Fsp3) is 0.333.